The van der Waals surface area contributed by atoms with E-state index in [4.69, 9.17) is 15.5 Å². The lowest BCUT2D eigenvalue weighted by Gasteiger charge is -2.23. The predicted molar refractivity (Wildman–Crippen MR) is 203 cm³/mol. The first-order valence-electron chi connectivity index (χ1n) is 16.3. The number of nitrogens with one attached hydrogen (secondary N) is 2. The number of aromatic nitrogens is 1. The third kappa shape index (κ3) is 10.6. The van der Waals surface area contributed by atoms with Gasteiger partial charge in [0, 0.05) is 54.7 Å². The SMILES string of the molecule is C#CN.C=C(NCC(c1ccccc1)c1cc(C)c(OCC)c(-c2cc(C)c(F)cc2F)n1)c1cc(C=NC(C)C)c(N)c(NC)c1.CC. The Morgan fingerprint density at radius 1 is 1.06 bits per heavy atom. The maximum atomic E-state index is 15.2. The molecule has 0 saturated heterocycles. The molecule has 0 saturated carbocycles. The van der Waals surface area contributed by atoms with E-state index in [9.17, 15) is 4.39 Å². The number of halogens is 2. The summed E-state index contributed by atoms with van der Waals surface area (Å²) in [4.78, 5) is 9.49. The van der Waals surface area contributed by atoms with Gasteiger partial charge in [0.1, 0.15) is 23.1 Å². The fourth-order valence-electron chi connectivity index (χ4n) is 5.01. The Morgan fingerprint density at radius 2 is 1.71 bits per heavy atom. The van der Waals surface area contributed by atoms with Gasteiger partial charge in [-0.3, -0.25) is 4.99 Å². The van der Waals surface area contributed by atoms with E-state index in [1.807, 2.05) is 97.1 Å². The molecule has 4 aromatic rings. The van der Waals surface area contributed by atoms with Gasteiger partial charge in [-0.25, -0.2) is 13.8 Å². The van der Waals surface area contributed by atoms with Crippen LogP contribution in [0.25, 0.3) is 17.0 Å². The van der Waals surface area contributed by atoms with E-state index >= 15 is 4.39 Å². The number of anilines is 2. The van der Waals surface area contributed by atoms with Crippen molar-refractivity contribution in [3.63, 3.8) is 0 Å². The molecule has 1 aromatic heterocycles. The highest BCUT2D eigenvalue weighted by molar-refractivity contribution is 5.94. The minimum Gasteiger partial charge on any atom is -0.491 e. The molecule has 7 nitrogen and oxygen atoms in total. The van der Waals surface area contributed by atoms with Crippen LogP contribution in [0.2, 0.25) is 0 Å². The zero-order valence-corrected chi connectivity index (χ0v) is 29.9. The first-order valence-corrected chi connectivity index (χ1v) is 16.3. The van der Waals surface area contributed by atoms with Crippen molar-refractivity contribution < 1.29 is 13.5 Å². The molecule has 1 unspecified atom stereocenters. The summed E-state index contributed by atoms with van der Waals surface area (Å²) in [5.74, 6) is -1.06. The fraction of sp³-hybridized carbons (Fsp3) is 0.300. The fourth-order valence-corrected chi connectivity index (χ4v) is 5.01. The van der Waals surface area contributed by atoms with Gasteiger partial charge in [0.25, 0.3) is 0 Å². The molecule has 1 heterocycles. The molecule has 260 valence electrons. The Hall–Kier alpha value is -5.36. The molecule has 0 spiro atoms. The largest absolute Gasteiger partial charge is 0.491 e. The summed E-state index contributed by atoms with van der Waals surface area (Å²) in [5, 5.41) is 6.66. The molecular weight excluding hydrogens is 618 g/mol. The Balaban J connectivity index is 0.00000158. The summed E-state index contributed by atoms with van der Waals surface area (Å²) in [6, 6.07) is 20.1. The Bertz CT molecular complexity index is 1760. The highest BCUT2D eigenvalue weighted by atomic mass is 19.1. The minimum absolute atomic E-state index is 0.131. The Morgan fingerprint density at radius 3 is 2.31 bits per heavy atom. The average molecular weight is 669 g/mol. The van der Waals surface area contributed by atoms with Gasteiger partial charge in [-0.15, -0.1) is 0 Å². The van der Waals surface area contributed by atoms with Crippen molar-refractivity contribution in [2.75, 3.05) is 31.2 Å². The lowest BCUT2D eigenvalue weighted by molar-refractivity contribution is 0.337. The van der Waals surface area contributed by atoms with E-state index in [2.05, 4.69) is 34.4 Å². The molecule has 49 heavy (non-hydrogen) atoms. The van der Waals surface area contributed by atoms with E-state index in [0.29, 0.717) is 47.2 Å². The monoisotopic (exact) mass is 668 g/mol. The molecular formula is C40H50F2N6O. The number of rotatable bonds is 12. The number of nitrogens with two attached hydrogens (primary N) is 2. The molecule has 0 aliphatic rings. The first-order chi connectivity index (χ1) is 23.4. The second kappa shape index (κ2) is 19.5. The maximum absolute atomic E-state index is 15.2. The average Bonchev–Trinajstić information content (AvgIpc) is 3.08. The number of aryl methyl sites for hydroxylation is 2. The van der Waals surface area contributed by atoms with Gasteiger partial charge in [-0.05, 0) is 87.2 Å². The first kappa shape index (κ1) is 39.8. The summed E-state index contributed by atoms with van der Waals surface area (Å²) in [5.41, 5.74) is 17.9. The molecule has 0 radical (unpaired) electrons. The van der Waals surface area contributed by atoms with Crippen LogP contribution in [-0.4, -0.2) is 37.4 Å². The van der Waals surface area contributed by atoms with Crippen molar-refractivity contribution in [1.82, 2.24) is 10.3 Å². The third-order valence-corrected chi connectivity index (χ3v) is 7.39. The van der Waals surface area contributed by atoms with E-state index < -0.39 is 11.6 Å². The lowest BCUT2D eigenvalue weighted by Crippen LogP contribution is -2.22. The molecule has 0 amide bonds. The highest BCUT2D eigenvalue weighted by Gasteiger charge is 2.23. The number of nitrogens with zero attached hydrogens (tertiary/aromatic N) is 2. The van der Waals surface area contributed by atoms with E-state index in [1.165, 1.54) is 6.07 Å². The van der Waals surface area contributed by atoms with Gasteiger partial charge < -0.3 is 26.8 Å². The zero-order valence-electron chi connectivity index (χ0n) is 29.9. The van der Waals surface area contributed by atoms with E-state index in [-0.39, 0.29) is 17.5 Å². The van der Waals surface area contributed by atoms with Crippen molar-refractivity contribution in [2.24, 2.45) is 10.7 Å². The number of aliphatic imine (C=N–C) groups is 1. The second-order valence-corrected chi connectivity index (χ2v) is 11.2. The number of hydrogen-bond donors (Lipinski definition) is 4. The number of ether oxygens (including phenoxy) is 1. The number of nitrogen functional groups attached to an aromatic ring is 1. The topological polar surface area (TPSA) is 111 Å². The second-order valence-electron chi connectivity index (χ2n) is 11.2. The van der Waals surface area contributed by atoms with Crippen LogP contribution in [-0.2, 0) is 0 Å². The number of benzene rings is 3. The molecule has 0 aliphatic carbocycles. The summed E-state index contributed by atoms with van der Waals surface area (Å²) >= 11 is 0. The van der Waals surface area contributed by atoms with Crippen LogP contribution >= 0.6 is 0 Å². The van der Waals surface area contributed by atoms with Gasteiger partial charge >= 0.3 is 0 Å². The molecule has 1 atom stereocenters. The Labute approximate surface area is 290 Å². The number of terminal acetylenes is 1. The lowest BCUT2D eigenvalue weighted by atomic mass is 9.92. The molecule has 3 aromatic carbocycles. The van der Waals surface area contributed by atoms with Crippen LogP contribution in [0.4, 0.5) is 20.2 Å². The third-order valence-electron chi connectivity index (χ3n) is 7.39. The number of pyridine rings is 1. The van der Waals surface area contributed by atoms with Crippen LogP contribution in [0.1, 0.15) is 74.0 Å². The normalized spacial score (nSPS) is 11.1. The van der Waals surface area contributed by atoms with Gasteiger partial charge in [0.15, 0.2) is 0 Å². The molecule has 0 aliphatic heterocycles. The van der Waals surface area contributed by atoms with Gasteiger partial charge in [-0.1, -0.05) is 57.2 Å². The van der Waals surface area contributed by atoms with Crippen molar-refractivity contribution in [1.29, 1.82) is 0 Å². The quantitative estimate of drug-likeness (QED) is 0.0522. The van der Waals surface area contributed by atoms with Gasteiger partial charge in [0.05, 0.1) is 23.7 Å². The predicted octanol–water partition coefficient (Wildman–Crippen LogP) is 8.45. The van der Waals surface area contributed by atoms with Gasteiger partial charge in [0.2, 0.25) is 0 Å². The summed E-state index contributed by atoms with van der Waals surface area (Å²) in [6.45, 7) is 18.5. The Kier molecular flexibility index (Phi) is 15.8. The van der Waals surface area contributed by atoms with Crippen LogP contribution in [0, 0.1) is 37.9 Å². The molecule has 9 heteroatoms. The van der Waals surface area contributed by atoms with E-state index in [0.717, 1.165) is 34.0 Å². The van der Waals surface area contributed by atoms with Gasteiger partial charge in [-0.2, -0.15) is 0 Å². The standard InChI is InChI=1S/C36H41F2N5O.C2H3N.C2H6/c1-8-44-36-23(5)15-32(43-35(36)28-14-22(4)30(37)18-31(28)38)29(25-12-10-9-11-13-25)20-42-24(6)26-16-27(19-41-21(2)3)34(39)33(17-26)40-7;1-2-3;1-2/h9-19,21,29,40,42H,6,8,20,39H2,1-5,7H3;1H,3H2;1-2H3. The molecule has 0 fully saturated rings. The van der Waals surface area contributed by atoms with Crippen LogP contribution < -0.4 is 26.8 Å². The molecule has 0 bridgehead atoms. The zero-order chi connectivity index (χ0) is 36.7. The van der Waals surface area contributed by atoms with Crippen molar-refractivity contribution in [2.45, 2.75) is 60.4 Å². The van der Waals surface area contributed by atoms with Crippen molar-refractivity contribution in [3.8, 4) is 29.5 Å². The smallest absolute Gasteiger partial charge is 0.148 e. The van der Waals surface area contributed by atoms with Crippen molar-refractivity contribution >= 4 is 23.3 Å². The number of hydrogen-bond acceptors (Lipinski definition) is 7. The van der Waals surface area contributed by atoms with Crippen molar-refractivity contribution in [3.05, 3.63) is 112 Å². The summed E-state index contributed by atoms with van der Waals surface area (Å²) in [7, 11) is 1.82. The van der Waals surface area contributed by atoms with Crippen LogP contribution in [0.5, 0.6) is 5.75 Å². The summed E-state index contributed by atoms with van der Waals surface area (Å²) < 4.78 is 35.3. The minimum atomic E-state index is -0.693. The van der Waals surface area contributed by atoms with Crippen LogP contribution in [0.15, 0.2) is 72.2 Å². The molecule has 4 rings (SSSR count). The molecule has 6 N–H and O–H groups in total. The van der Waals surface area contributed by atoms with E-state index in [1.54, 1.807) is 19.2 Å². The summed E-state index contributed by atoms with van der Waals surface area (Å²) in [6.07, 6.45) is 6.16. The highest BCUT2D eigenvalue weighted by Crippen LogP contribution is 2.37. The maximum Gasteiger partial charge on any atom is 0.148 e. The van der Waals surface area contributed by atoms with Crippen LogP contribution in [0.3, 0.4) is 0 Å².